The molecule has 1 N–H and O–H groups in total. The normalized spacial score (nSPS) is 20.8. The summed E-state index contributed by atoms with van der Waals surface area (Å²) in [6.45, 7) is 4.91. The molecule has 0 aromatic heterocycles. The molecule has 0 saturated heterocycles. The molecule has 4 heteroatoms. The average molecular weight is 199 g/mol. The molecule has 1 unspecified atom stereocenters. The van der Waals surface area contributed by atoms with Crippen molar-refractivity contribution in [3.05, 3.63) is 0 Å². The van der Waals surface area contributed by atoms with E-state index < -0.39 is 5.97 Å². The Balaban J connectivity index is 2.31. The monoisotopic (exact) mass is 199 g/mol. The average Bonchev–Trinajstić information content (AvgIpc) is 2.47. The van der Waals surface area contributed by atoms with Crippen LogP contribution >= 0.6 is 0 Å². The van der Waals surface area contributed by atoms with Crippen LogP contribution in [0.15, 0.2) is 4.99 Å². The number of hydrogen-bond acceptors (Lipinski definition) is 3. The minimum atomic E-state index is -0.802. The van der Waals surface area contributed by atoms with Gasteiger partial charge in [0.2, 0.25) is 0 Å². The Hall–Kier alpha value is -1.06. The standard InChI is InChI=1S/C10H17NO3/c1-7(2)5-8-6-14-9(11-8)3-4-10(12)13/h7-8H,3-6H2,1-2H3,(H,12,13). The van der Waals surface area contributed by atoms with Gasteiger partial charge in [0.1, 0.15) is 6.61 Å². The molecule has 4 nitrogen and oxygen atoms in total. The number of aliphatic imine (C=N–C) groups is 1. The molecule has 80 valence electrons. The Kier molecular flexibility index (Phi) is 3.92. The molecule has 0 aliphatic carbocycles. The molecule has 0 aromatic carbocycles. The quantitative estimate of drug-likeness (QED) is 0.733. The minimum absolute atomic E-state index is 0.104. The van der Waals surface area contributed by atoms with Crippen LogP contribution in [0.4, 0.5) is 0 Å². The summed E-state index contributed by atoms with van der Waals surface area (Å²) >= 11 is 0. The summed E-state index contributed by atoms with van der Waals surface area (Å²) in [5, 5.41) is 8.47. The van der Waals surface area contributed by atoms with Crippen LogP contribution in [-0.4, -0.2) is 29.6 Å². The van der Waals surface area contributed by atoms with Crippen LogP contribution in [-0.2, 0) is 9.53 Å². The molecule has 0 aromatic rings. The summed E-state index contributed by atoms with van der Waals surface area (Å²) in [6.07, 6.45) is 1.54. The fourth-order valence-electron chi connectivity index (χ4n) is 1.49. The van der Waals surface area contributed by atoms with E-state index in [9.17, 15) is 4.79 Å². The number of ether oxygens (including phenoxy) is 1. The first-order valence-corrected chi connectivity index (χ1v) is 4.99. The summed E-state index contributed by atoms with van der Waals surface area (Å²) in [4.78, 5) is 14.6. The smallest absolute Gasteiger partial charge is 0.303 e. The van der Waals surface area contributed by atoms with E-state index in [2.05, 4.69) is 18.8 Å². The fourth-order valence-corrected chi connectivity index (χ4v) is 1.49. The van der Waals surface area contributed by atoms with Crippen molar-refractivity contribution in [1.82, 2.24) is 0 Å². The number of rotatable bonds is 5. The predicted molar refractivity (Wildman–Crippen MR) is 53.5 cm³/mol. The molecular formula is C10H17NO3. The third-order valence-corrected chi connectivity index (χ3v) is 2.07. The van der Waals surface area contributed by atoms with Crippen molar-refractivity contribution < 1.29 is 14.6 Å². The molecule has 0 fully saturated rings. The maximum Gasteiger partial charge on any atom is 0.303 e. The highest BCUT2D eigenvalue weighted by molar-refractivity contribution is 5.81. The van der Waals surface area contributed by atoms with E-state index in [1.54, 1.807) is 0 Å². The topological polar surface area (TPSA) is 58.9 Å². The molecule has 0 saturated carbocycles. The summed E-state index contributed by atoms with van der Waals surface area (Å²) in [6, 6.07) is 0.235. The van der Waals surface area contributed by atoms with Crippen molar-refractivity contribution in [2.75, 3.05) is 6.61 Å². The van der Waals surface area contributed by atoms with Gasteiger partial charge in [-0.3, -0.25) is 4.79 Å². The van der Waals surface area contributed by atoms with Gasteiger partial charge in [-0.25, -0.2) is 4.99 Å². The molecular weight excluding hydrogens is 182 g/mol. The van der Waals surface area contributed by atoms with Crippen LogP contribution in [0.5, 0.6) is 0 Å². The second kappa shape index (κ2) is 4.98. The van der Waals surface area contributed by atoms with Gasteiger partial charge in [-0.2, -0.15) is 0 Å². The first kappa shape index (κ1) is 11.0. The number of carboxylic acid groups (broad SMARTS) is 1. The predicted octanol–water partition coefficient (Wildman–Crippen LogP) is 1.69. The van der Waals surface area contributed by atoms with Gasteiger partial charge in [0.25, 0.3) is 0 Å². The SMILES string of the molecule is CC(C)CC1COC(CCC(=O)O)=N1. The van der Waals surface area contributed by atoms with E-state index in [4.69, 9.17) is 9.84 Å². The maximum absolute atomic E-state index is 10.3. The lowest BCUT2D eigenvalue weighted by Crippen LogP contribution is -2.09. The molecule has 0 radical (unpaired) electrons. The molecule has 0 bridgehead atoms. The van der Waals surface area contributed by atoms with Gasteiger partial charge in [-0.15, -0.1) is 0 Å². The zero-order chi connectivity index (χ0) is 10.6. The van der Waals surface area contributed by atoms with Crippen LogP contribution < -0.4 is 0 Å². The largest absolute Gasteiger partial charge is 0.481 e. The van der Waals surface area contributed by atoms with Crippen LogP contribution in [0.2, 0.25) is 0 Å². The lowest BCUT2D eigenvalue weighted by molar-refractivity contribution is -0.136. The number of carbonyl (C=O) groups is 1. The minimum Gasteiger partial charge on any atom is -0.481 e. The van der Waals surface area contributed by atoms with Crippen LogP contribution in [0.25, 0.3) is 0 Å². The Morgan fingerprint density at radius 1 is 1.71 bits per heavy atom. The van der Waals surface area contributed by atoms with Crippen molar-refractivity contribution in [3.63, 3.8) is 0 Å². The third kappa shape index (κ3) is 3.77. The van der Waals surface area contributed by atoms with Crippen molar-refractivity contribution in [2.45, 2.75) is 39.2 Å². The second-order valence-electron chi connectivity index (χ2n) is 4.01. The summed E-state index contributed by atoms with van der Waals surface area (Å²) < 4.78 is 5.30. The highest BCUT2D eigenvalue weighted by Gasteiger charge is 2.19. The van der Waals surface area contributed by atoms with E-state index in [0.29, 0.717) is 24.8 Å². The molecule has 0 spiro atoms. The maximum atomic E-state index is 10.3. The molecule has 1 aliphatic heterocycles. The van der Waals surface area contributed by atoms with Crippen LogP contribution in [0.1, 0.15) is 33.1 Å². The summed E-state index contributed by atoms with van der Waals surface area (Å²) in [5.74, 6) is 0.410. The highest BCUT2D eigenvalue weighted by Crippen LogP contribution is 2.15. The Morgan fingerprint density at radius 3 is 3.00 bits per heavy atom. The van der Waals surface area contributed by atoms with Crippen LogP contribution in [0, 0.1) is 5.92 Å². The summed E-state index contributed by atoms with van der Waals surface area (Å²) in [5.41, 5.74) is 0. The van der Waals surface area contributed by atoms with E-state index in [-0.39, 0.29) is 12.5 Å². The molecule has 1 atom stereocenters. The van der Waals surface area contributed by atoms with Crippen molar-refractivity contribution >= 4 is 11.9 Å². The summed E-state index contributed by atoms with van der Waals surface area (Å²) in [7, 11) is 0. The van der Waals surface area contributed by atoms with Crippen molar-refractivity contribution in [1.29, 1.82) is 0 Å². The molecule has 1 heterocycles. The van der Waals surface area contributed by atoms with Crippen LogP contribution in [0.3, 0.4) is 0 Å². The van der Waals surface area contributed by atoms with Gasteiger partial charge < -0.3 is 9.84 Å². The molecule has 1 aliphatic rings. The van der Waals surface area contributed by atoms with Gasteiger partial charge in [-0.1, -0.05) is 13.8 Å². The zero-order valence-electron chi connectivity index (χ0n) is 8.69. The number of aliphatic carboxylic acids is 1. The van der Waals surface area contributed by atoms with Gasteiger partial charge in [-0.05, 0) is 12.3 Å². The first-order chi connectivity index (χ1) is 6.58. The molecule has 0 amide bonds. The fraction of sp³-hybridized carbons (Fsp3) is 0.800. The number of carboxylic acids is 1. The van der Waals surface area contributed by atoms with E-state index >= 15 is 0 Å². The molecule has 1 rings (SSSR count). The Labute approximate surface area is 84.0 Å². The van der Waals surface area contributed by atoms with E-state index in [0.717, 1.165) is 6.42 Å². The van der Waals surface area contributed by atoms with Gasteiger partial charge in [0.15, 0.2) is 5.90 Å². The van der Waals surface area contributed by atoms with E-state index in [1.807, 2.05) is 0 Å². The molecule has 14 heavy (non-hydrogen) atoms. The second-order valence-corrected chi connectivity index (χ2v) is 4.01. The number of nitrogens with zero attached hydrogens (tertiary/aromatic N) is 1. The first-order valence-electron chi connectivity index (χ1n) is 4.99. The van der Waals surface area contributed by atoms with Crippen molar-refractivity contribution in [2.24, 2.45) is 10.9 Å². The van der Waals surface area contributed by atoms with E-state index in [1.165, 1.54) is 0 Å². The Bertz CT molecular complexity index is 236. The Morgan fingerprint density at radius 2 is 2.43 bits per heavy atom. The number of hydrogen-bond donors (Lipinski definition) is 1. The van der Waals surface area contributed by atoms with Gasteiger partial charge in [0, 0.05) is 6.42 Å². The highest BCUT2D eigenvalue weighted by atomic mass is 16.5. The van der Waals surface area contributed by atoms with Gasteiger partial charge >= 0.3 is 5.97 Å². The third-order valence-electron chi connectivity index (χ3n) is 2.07. The lowest BCUT2D eigenvalue weighted by atomic mass is 10.1. The van der Waals surface area contributed by atoms with Crippen molar-refractivity contribution in [3.8, 4) is 0 Å². The lowest BCUT2D eigenvalue weighted by Gasteiger charge is -2.06. The zero-order valence-corrected chi connectivity index (χ0v) is 8.69. The van der Waals surface area contributed by atoms with Gasteiger partial charge in [0.05, 0.1) is 12.5 Å².